The Morgan fingerprint density at radius 1 is 0.429 bits per heavy atom. The molecular weight excluding hydrogens is 878 g/mol. The van der Waals surface area contributed by atoms with Gasteiger partial charge in [0.25, 0.3) is 0 Å². The van der Waals surface area contributed by atoms with Gasteiger partial charge < -0.3 is 24.8 Å². The van der Waals surface area contributed by atoms with Crippen molar-refractivity contribution in [3.8, 4) is 22.3 Å². The molecule has 8 rings (SSSR count). The van der Waals surface area contributed by atoms with Crippen molar-refractivity contribution in [2.45, 2.75) is 130 Å². The number of fused-ring (bicyclic) bond motifs is 6. The molecule has 0 nitrogen and oxygen atoms in total. The molecule has 0 bridgehead atoms. The number of rotatable bonds is 0. The molecule has 0 spiro atoms. The van der Waals surface area contributed by atoms with Gasteiger partial charge in [0.1, 0.15) is 0 Å². The number of benzene rings is 4. The van der Waals surface area contributed by atoms with Crippen molar-refractivity contribution in [3.05, 3.63) is 166 Å². The van der Waals surface area contributed by atoms with E-state index in [1.165, 1.54) is 66.8 Å². The summed E-state index contributed by atoms with van der Waals surface area (Å²) in [6.45, 7) is 27.2. The van der Waals surface area contributed by atoms with Crippen LogP contribution >= 0.6 is 0 Å². The molecule has 4 aromatic rings. The maximum Gasteiger partial charge on any atom is 2.00 e. The van der Waals surface area contributed by atoms with Crippen molar-refractivity contribution < 1.29 is 77.2 Å². The fourth-order valence-electron chi connectivity index (χ4n) is 6.74. The summed E-state index contributed by atoms with van der Waals surface area (Å²) in [7, 11) is 0. The summed E-state index contributed by atoms with van der Waals surface area (Å²) >= 11 is 0. The number of hydrogen-bond donors (Lipinski definition) is 0. The Kier molecular flexibility index (Phi) is 20.0. The van der Waals surface area contributed by atoms with Crippen LogP contribution in [0.4, 0.5) is 0 Å². The minimum atomic E-state index is 0. The maximum atomic E-state index is 3.67. The fraction of sp³-hybridized carbons (Fsp3) is 0.385. The zero-order valence-corrected chi connectivity index (χ0v) is 42.2. The first-order valence-electron chi connectivity index (χ1n) is 19.1. The second kappa shape index (κ2) is 21.4. The van der Waals surface area contributed by atoms with Crippen molar-refractivity contribution >= 4 is 0 Å². The van der Waals surface area contributed by atoms with Crippen LogP contribution in [0.15, 0.2) is 97.1 Å². The molecule has 0 fully saturated rings. The van der Waals surface area contributed by atoms with E-state index >= 15 is 0 Å². The monoisotopic (exact) mass is 934 g/mol. The zero-order chi connectivity index (χ0) is 37.9. The van der Waals surface area contributed by atoms with Crippen molar-refractivity contribution in [2.75, 3.05) is 0 Å². The summed E-state index contributed by atoms with van der Waals surface area (Å²) in [5, 5.41) is 0. The Morgan fingerprint density at radius 2 is 0.768 bits per heavy atom. The van der Waals surface area contributed by atoms with Crippen LogP contribution in [0.3, 0.4) is 0 Å². The zero-order valence-electron chi connectivity index (χ0n) is 35.8. The topological polar surface area (TPSA) is 0 Å². The molecule has 0 saturated heterocycles. The second-order valence-corrected chi connectivity index (χ2v) is 18.6. The van der Waals surface area contributed by atoms with E-state index in [9.17, 15) is 0 Å². The normalized spacial score (nSPS) is 13.6. The largest absolute Gasteiger partial charge is 2.00 e. The summed E-state index contributed by atoms with van der Waals surface area (Å²) < 4.78 is 0. The first-order chi connectivity index (χ1) is 24.3. The van der Waals surface area contributed by atoms with E-state index in [-0.39, 0.29) is 98.9 Å². The summed E-state index contributed by atoms with van der Waals surface area (Å²) in [5.41, 5.74) is 17.4. The molecule has 4 aromatic carbocycles. The van der Waals surface area contributed by atoms with Gasteiger partial charge in [0.15, 0.2) is 0 Å². The van der Waals surface area contributed by atoms with Gasteiger partial charge in [-0.1, -0.05) is 131 Å². The van der Waals surface area contributed by atoms with Gasteiger partial charge in [0, 0.05) is 0 Å². The summed E-state index contributed by atoms with van der Waals surface area (Å²) in [6.07, 6.45) is 22.1. The van der Waals surface area contributed by atoms with Crippen LogP contribution in [-0.4, -0.2) is 0 Å². The van der Waals surface area contributed by atoms with E-state index in [4.69, 9.17) is 0 Å². The molecule has 0 aliphatic heterocycles. The fourth-order valence-corrected chi connectivity index (χ4v) is 6.74. The molecule has 4 aliphatic carbocycles. The summed E-state index contributed by atoms with van der Waals surface area (Å²) in [5.74, 6) is 0. The SMILES string of the molecule is CC(C)(C)c1[c-]c2c(cc1)-c1ccc(C(C)(C)C)cc1C2.CC(C)(C)c1[c-]c2c(cc1)-c1ccc(C(C)(C)C)cc1C2.[C-]1=CC=CC1.[C-]1=CC=CC1.[Cl-].[Cl-].[Zr+2].[Zr+2]. The van der Waals surface area contributed by atoms with Gasteiger partial charge in [-0.25, -0.2) is 24.3 Å². The average Bonchev–Trinajstić information content (AvgIpc) is 3.90. The third-order valence-electron chi connectivity index (χ3n) is 10.1. The number of halogens is 2. The number of allylic oxidation sites excluding steroid dienone is 8. The van der Waals surface area contributed by atoms with E-state index < -0.39 is 0 Å². The molecule has 0 atom stereocenters. The van der Waals surface area contributed by atoms with Gasteiger partial charge in [-0.15, -0.1) is 35.1 Å². The quantitative estimate of drug-likeness (QED) is 0.136. The van der Waals surface area contributed by atoms with Gasteiger partial charge in [0.05, 0.1) is 0 Å². The second-order valence-electron chi connectivity index (χ2n) is 18.6. The van der Waals surface area contributed by atoms with Crippen LogP contribution in [-0.2, 0) is 86.9 Å². The van der Waals surface area contributed by atoms with E-state index in [1.54, 1.807) is 0 Å². The van der Waals surface area contributed by atoms with Crippen LogP contribution < -0.4 is 24.8 Å². The molecule has 56 heavy (non-hydrogen) atoms. The van der Waals surface area contributed by atoms with Crippen LogP contribution in [0, 0.1) is 24.3 Å². The van der Waals surface area contributed by atoms with Crippen LogP contribution in [0.1, 0.15) is 140 Å². The third-order valence-corrected chi connectivity index (χ3v) is 10.1. The van der Waals surface area contributed by atoms with Gasteiger partial charge in [0.2, 0.25) is 0 Å². The maximum absolute atomic E-state index is 3.67. The van der Waals surface area contributed by atoms with Gasteiger partial charge in [-0.05, 0) is 56.8 Å². The van der Waals surface area contributed by atoms with E-state index in [0.717, 1.165) is 25.7 Å². The Bertz CT molecular complexity index is 1730. The van der Waals surface area contributed by atoms with Crippen molar-refractivity contribution in [1.82, 2.24) is 0 Å². The Balaban J connectivity index is 0.000000423. The molecule has 4 heteroatoms. The van der Waals surface area contributed by atoms with E-state index in [0.29, 0.717) is 0 Å². The molecule has 0 aromatic heterocycles. The Labute approximate surface area is 392 Å². The predicted octanol–water partition coefficient (Wildman–Crippen LogP) is 7.92. The first kappa shape index (κ1) is 52.2. The van der Waals surface area contributed by atoms with Gasteiger partial charge >= 0.3 is 52.4 Å². The van der Waals surface area contributed by atoms with E-state index in [2.05, 4.69) is 180 Å². The minimum absolute atomic E-state index is 0. The third kappa shape index (κ3) is 13.6. The van der Waals surface area contributed by atoms with E-state index in [1.807, 2.05) is 24.3 Å². The van der Waals surface area contributed by atoms with Gasteiger partial charge in [-0.2, -0.15) is 59.7 Å². The standard InChI is InChI=1S/2C21H25.2C5H5.2ClH.2Zr/c2*1-20(2,3)16-7-9-18-14(12-16)11-15-13-17(21(4,5)6)8-10-19(15)18;2*1-2-4-5-3-1;;;;/h2*7-10,12H,11H2,1-6H3;2*1-3H,4H2;2*1H;;/q4*-1;;;2*+2/p-2. The van der Waals surface area contributed by atoms with Crippen molar-refractivity contribution in [1.29, 1.82) is 0 Å². The molecule has 0 radical (unpaired) electrons. The summed E-state index contributed by atoms with van der Waals surface area (Å²) in [4.78, 5) is 0. The molecule has 4 aliphatic rings. The van der Waals surface area contributed by atoms with Crippen LogP contribution in [0.5, 0.6) is 0 Å². The number of hydrogen-bond acceptors (Lipinski definition) is 0. The molecule has 0 heterocycles. The predicted molar refractivity (Wildman–Crippen MR) is 225 cm³/mol. The molecule has 292 valence electrons. The smallest absolute Gasteiger partial charge is 1.00 e. The van der Waals surface area contributed by atoms with Gasteiger partial charge in [-0.3, -0.25) is 12.2 Å². The molecule has 0 amide bonds. The van der Waals surface area contributed by atoms with Crippen LogP contribution in [0.25, 0.3) is 22.3 Å². The molecule has 0 N–H and O–H groups in total. The first-order valence-corrected chi connectivity index (χ1v) is 19.1. The Hall–Kier alpha value is -1.81. The van der Waals surface area contributed by atoms with Crippen LogP contribution in [0.2, 0.25) is 0 Å². The Morgan fingerprint density at radius 3 is 1.02 bits per heavy atom. The molecule has 0 unspecified atom stereocenters. The minimum Gasteiger partial charge on any atom is -1.00 e. The van der Waals surface area contributed by atoms with Crippen molar-refractivity contribution in [3.63, 3.8) is 0 Å². The molecular formula is C52H60Cl2Zr2-2. The summed E-state index contributed by atoms with van der Waals surface area (Å²) in [6, 6.07) is 30.3. The molecule has 0 saturated carbocycles. The average molecular weight is 938 g/mol. The van der Waals surface area contributed by atoms with Crippen molar-refractivity contribution in [2.24, 2.45) is 0 Å².